The third-order valence-corrected chi connectivity index (χ3v) is 3.06. The van der Waals surface area contributed by atoms with Crippen LogP contribution in [0.4, 0.5) is 23.2 Å². The number of nitrogens with one attached hydrogen (secondary N) is 1. The van der Waals surface area contributed by atoms with Crippen LogP contribution in [0.5, 0.6) is 5.75 Å². The molecule has 2 rings (SSSR count). The van der Waals surface area contributed by atoms with Gasteiger partial charge in [0.05, 0.1) is 5.56 Å². The number of halogens is 4. The van der Waals surface area contributed by atoms with Crippen molar-refractivity contribution in [1.82, 2.24) is 0 Å². The van der Waals surface area contributed by atoms with Crippen molar-refractivity contribution in [2.24, 2.45) is 0 Å². The summed E-state index contributed by atoms with van der Waals surface area (Å²) >= 11 is 0. The molecule has 24 heavy (non-hydrogen) atoms. The third kappa shape index (κ3) is 4.58. The van der Waals surface area contributed by atoms with Crippen LogP contribution < -0.4 is 10.1 Å². The van der Waals surface area contributed by atoms with Crippen LogP contribution in [-0.4, -0.2) is 5.91 Å². The van der Waals surface area contributed by atoms with E-state index in [4.69, 9.17) is 4.74 Å². The molecule has 1 amide bonds. The van der Waals surface area contributed by atoms with E-state index in [1.54, 1.807) is 0 Å². The number of carbonyl (C=O) groups excluding carboxylic acids is 1. The van der Waals surface area contributed by atoms with E-state index in [1.165, 1.54) is 24.3 Å². The molecule has 0 saturated carbocycles. The normalized spacial score (nSPS) is 11.0. The Morgan fingerprint density at radius 3 is 2.58 bits per heavy atom. The monoisotopic (exact) mass is 339 g/mol. The maximum Gasteiger partial charge on any atom is 0.416 e. The van der Waals surface area contributed by atoms with Crippen molar-refractivity contribution in [1.29, 1.82) is 0 Å². The van der Waals surface area contributed by atoms with Gasteiger partial charge in [0.1, 0.15) is 18.2 Å². The second kappa shape index (κ2) is 7.16. The van der Waals surface area contributed by atoms with E-state index < -0.39 is 23.5 Å². The molecule has 0 radical (unpaired) electrons. The highest BCUT2D eigenvalue weighted by Crippen LogP contribution is 2.31. The van der Waals surface area contributed by atoms with Crippen LogP contribution in [0.3, 0.4) is 0 Å². The van der Waals surface area contributed by atoms with E-state index in [0.717, 1.165) is 24.3 Å². The molecule has 3 nitrogen and oxygen atoms in total. The van der Waals surface area contributed by atoms with Gasteiger partial charge >= 0.3 is 6.18 Å². The summed E-state index contributed by atoms with van der Waals surface area (Å²) in [4.78, 5) is 11.1. The minimum Gasteiger partial charge on any atom is -0.489 e. The Morgan fingerprint density at radius 2 is 1.96 bits per heavy atom. The van der Waals surface area contributed by atoms with Gasteiger partial charge in [0.25, 0.3) is 0 Å². The molecular formula is C17H13F4NO2. The van der Waals surface area contributed by atoms with Gasteiger partial charge in [-0.05, 0) is 36.4 Å². The smallest absolute Gasteiger partial charge is 0.416 e. The van der Waals surface area contributed by atoms with E-state index in [2.05, 4.69) is 11.9 Å². The van der Waals surface area contributed by atoms with Crippen molar-refractivity contribution in [2.45, 2.75) is 12.8 Å². The lowest BCUT2D eigenvalue weighted by atomic mass is 10.2. The van der Waals surface area contributed by atoms with Gasteiger partial charge in [-0.2, -0.15) is 13.2 Å². The highest BCUT2D eigenvalue weighted by atomic mass is 19.4. The molecule has 0 aliphatic heterocycles. The fourth-order valence-corrected chi connectivity index (χ4v) is 1.86. The Labute approximate surface area is 135 Å². The third-order valence-electron chi connectivity index (χ3n) is 3.06. The summed E-state index contributed by atoms with van der Waals surface area (Å²) in [7, 11) is 0. The fraction of sp³-hybridized carbons (Fsp3) is 0.118. The predicted octanol–water partition coefficient (Wildman–Crippen LogP) is 4.55. The van der Waals surface area contributed by atoms with Crippen molar-refractivity contribution in [3.8, 4) is 5.75 Å². The molecule has 0 aromatic heterocycles. The highest BCUT2D eigenvalue weighted by Gasteiger charge is 2.30. The first-order chi connectivity index (χ1) is 11.3. The molecule has 2 aromatic carbocycles. The molecule has 0 spiro atoms. The number of amides is 1. The molecule has 0 saturated heterocycles. The van der Waals surface area contributed by atoms with E-state index in [1.807, 2.05) is 0 Å². The minimum atomic E-state index is -4.48. The molecular weight excluding hydrogens is 326 g/mol. The van der Waals surface area contributed by atoms with Gasteiger partial charge in [-0.3, -0.25) is 4.79 Å². The molecule has 2 aromatic rings. The lowest BCUT2D eigenvalue weighted by Crippen LogP contribution is -2.08. The number of carbonyl (C=O) groups is 1. The van der Waals surface area contributed by atoms with E-state index in [-0.39, 0.29) is 23.6 Å². The molecule has 0 aliphatic carbocycles. The van der Waals surface area contributed by atoms with Gasteiger partial charge in [0, 0.05) is 11.3 Å². The van der Waals surface area contributed by atoms with Crippen LogP contribution in [0, 0.1) is 5.82 Å². The minimum absolute atomic E-state index is 0.0201. The van der Waals surface area contributed by atoms with Crippen LogP contribution in [0.25, 0.3) is 0 Å². The van der Waals surface area contributed by atoms with Crippen LogP contribution in [0.1, 0.15) is 11.1 Å². The molecule has 0 fully saturated rings. The van der Waals surface area contributed by atoms with Gasteiger partial charge < -0.3 is 10.1 Å². The average molecular weight is 339 g/mol. The van der Waals surface area contributed by atoms with Crippen molar-refractivity contribution in [3.63, 3.8) is 0 Å². The Hall–Kier alpha value is -2.83. The first-order valence-electron chi connectivity index (χ1n) is 6.81. The van der Waals surface area contributed by atoms with Gasteiger partial charge in [0.2, 0.25) is 5.91 Å². The quantitative estimate of drug-likeness (QED) is 0.641. The first-order valence-corrected chi connectivity index (χ1v) is 6.81. The molecule has 126 valence electrons. The van der Waals surface area contributed by atoms with Gasteiger partial charge in [-0.15, -0.1) is 0 Å². The lowest BCUT2D eigenvalue weighted by molar-refractivity contribution is -0.137. The second-order valence-corrected chi connectivity index (χ2v) is 4.81. The number of rotatable bonds is 5. The number of ether oxygens (including phenoxy) is 1. The molecule has 0 unspecified atom stereocenters. The summed E-state index contributed by atoms with van der Waals surface area (Å²) in [6, 6.07) is 8.25. The second-order valence-electron chi connectivity index (χ2n) is 4.81. The zero-order valence-corrected chi connectivity index (χ0v) is 12.4. The largest absolute Gasteiger partial charge is 0.489 e. The first kappa shape index (κ1) is 17.5. The molecule has 0 aliphatic rings. The Balaban J connectivity index is 2.07. The topological polar surface area (TPSA) is 38.3 Å². The van der Waals surface area contributed by atoms with Crippen LogP contribution in [-0.2, 0) is 17.6 Å². The number of anilines is 1. The summed E-state index contributed by atoms with van der Waals surface area (Å²) in [6.07, 6.45) is -3.43. The maximum atomic E-state index is 13.9. The predicted molar refractivity (Wildman–Crippen MR) is 81.0 cm³/mol. The Kier molecular flexibility index (Phi) is 5.23. The SMILES string of the molecule is C=CC(=O)Nc1ccc(COc2cccc(C(F)(F)F)c2)c(F)c1. The van der Waals surface area contributed by atoms with Crippen molar-refractivity contribution in [2.75, 3.05) is 5.32 Å². The standard InChI is InChI=1S/C17H13F4NO2/c1-2-16(23)22-13-7-6-11(15(18)9-13)10-24-14-5-3-4-12(8-14)17(19,20)21/h2-9H,1,10H2,(H,22,23). The summed E-state index contributed by atoms with van der Waals surface area (Å²) in [5, 5.41) is 2.39. The van der Waals surface area contributed by atoms with Crippen molar-refractivity contribution < 1.29 is 27.1 Å². The lowest BCUT2D eigenvalue weighted by Gasteiger charge is -2.11. The molecule has 0 heterocycles. The highest BCUT2D eigenvalue weighted by molar-refractivity contribution is 5.98. The van der Waals surface area contributed by atoms with Crippen molar-refractivity contribution in [3.05, 3.63) is 72.1 Å². The maximum absolute atomic E-state index is 13.9. The number of hydrogen-bond acceptors (Lipinski definition) is 2. The molecule has 0 bridgehead atoms. The number of benzene rings is 2. The van der Waals surface area contributed by atoms with E-state index in [0.29, 0.717) is 0 Å². The zero-order chi connectivity index (χ0) is 17.7. The van der Waals surface area contributed by atoms with Crippen LogP contribution in [0.15, 0.2) is 55.1 Å². The molecule has 1 N–H and O–H groups in total. The summed E-state index contributed by atoms with van der Waals surface area (Å²) in [6.45, 7) is 3.03. The van der Waals surface area contributed by atoms with E-state index >= 15 is 0 Å². The van der Waals surface area contributed by atoms with Crippen LogP contribution in [0.2, 0.25) is 0 Å². The van der Waals surface area contributed by atoms with Gasteiger partial charge in [-0.25, -0.2) is 4.39 Å². The Morgan fingerprint density at radius 1 is 1.21 bits per heavy atom. The summed E-state index contributed by atoms with van der Waals surface area (Å²) in [5.41, 5.74) is -0.466. The van der Waals surface area contributed by atoms with Gasteiger partial charge in [0.15, 0.2) is 0 Å². The molecule has 0 atom stereocenters. The summed E-state index contributed by atoms with van der Waals surface area (Å²) < 4.78 is 57.0. The van der Waals surface area contributed by atoms with E-state index in [9.17, 15) is 22.4 Å². The van der Waals surface area contributed by atoms with Crippen LogP contribution >= 0.6 is 0 Å². The fourth-order valence-electron chi connectivity index (χ4n) is 1.86. The zero-order valence-electron chi connectivity index (χ0n) is 12.4. The Bertz CT molecular complexity index is 756. The summed E-state index contributed by atoms with van der Waals surface area (Å²) in [5.74, 6) is -1.15. The molecule has 7 heteroatoms. The van der Waals surface area contributed by atoms with Crippen molar-refractivity contribution >= 4 is 11.6 Å². The average Bonchev–Trinajstić information content (AvgIpc) is 2.53. The number of hydrogen-bond donors (Lipinski definition) is 1. The number of alkyl halides is 3. The van der Waals surface area contributed by atoms with Gasteiger partial charge in [-0.1, -0.05) is 18.7 Å².